The molecule has 2 amide bonds. The first-order chi connectivity index (χ1) is 11.1. The molecule has 4 heteroatoms. The van der Waals surface area contributed by atoms with E-state index in [-0.39, 0.29) is 17.7 Å². The van der Waals surface area contributed by atoms with Gasteiger partial charge in [-0.15, -0.1) is 0 Å². The van der Waals surface area contributed by atoms with Gasteiger partial charge in [-0.1, -0.05) is 36.4 Å². The van der Waals surface area contributed by atoms with Gasteiger partial charge < -0.3 is 9.80 Å². The largest absolute Gasteiger partial charge is 0.349 e. The average Bonchev–Trinajstić information content (AvgIpc) is 2.60. The number of piperidine rings is 1. The number of fused-ring (bicyclic) bond motifs is 1. The maximum Gasteiger partial charge on any atom is 0.254 e. The maximum atomic E-state index is 12.9. The zero-order valence-corrected chi connectivity index (χ0v) is 13.7. The van der Waals surface area contributed by atoms with Gasteiger partial charge in [-0.2, -0.15) is 0 Å². The lowest BCUT2D eigenvalue weighted by Gasteiger charge is -2.32. The van der Waals surface area contributed by atoms with Gasteiger partial charge in [0.1, 0.15) is 0 Å². The van der Waals surface area contributed by atoms with Crippen molar-refractivity contribution in [2.24, 2.45) is 5.92 Å². The third-order valence-electron chi connectivity index (χ3n) is 4.59. The summed E-state index contributed by atoms with van der Waals surface area (Å²) >= 11 is 0. The van der Waals surface area contributed by atoms with E-state index in [4.69, 9.17) is 0 Å². The molecule has 1 saturated heterocycles. The van der Waals surface area contributed by atoms with Crippen molar-refractivity contribution in [1.82, 2.24) is 9.80 Å². The molecule has 1 aliphatic heterocycles. The molecule has 1 heterocycles. The fraction of sp³-hybridized carbons (Fsp3) is 0.368. The highest BCUT2D eigenvalue weighted by Gasteiger charge is 2.29. The summed E-state index contributed by atoms with van der Waals surface area (Å²) < 4.78 is 0. The molecule has 0 atom stereocenters. The highest BCUT2D eigenvalue weighted by molar-refractivity contribution is 6.07. The molecule has 0 aliphatic carbocycles. The number of likely N-dealkylation sites (tertiary alicyclic amines) is 1. The van der Waals surface area contributed by atoms with Crippen LogP contribution in [0, 0.1) is 5.92 Å². The Morgan fingerprint density at radius 3 is 2.35 bits per heavy atom. The highest BCUT2D eigenvalue weighted by atomic mass is 16.2. The van der Waals surface area contributed by atoms with Crippen LogP contribution in [-0.2, 0) is 4.79 Å². The second-order valence-electron chi connectivity index (χ2n) is 6.33. The summed E-state index contributed by atoms with van der Waals surface area (Å²) in [5.74, 6) is 0.279. The molecule has 2 aromatic rings. The number of amides is 2. The Morgan fingerprint density at radius 1 is 1.00 bits per heavy atom. The molecule has 0 spiro atoms. The standard InChI is InChI=1S/C19H22N2O2/c1-20(2)18(22)15-10-12-21(13-11-15)19(23)17-9-5-7-14-6-3-4-8-16(14)17/h3-9,15H,10-13H2,1-2H3. The second-order valence-corrected chi connectivity index (χ2v) is 6.33. The number of hydrogen-bond acceptors (Lipinski definition) is 2. The summed E-state index contributed by atoms with van der Waals surface area (Å²) in [5.41, 5.74) is 0.750. The van der Waals surface area contributed by atoms with Gasteiger partial charge in [0.25, 0.3) is 5.91 Å². The fourth-order valence-electron chi connectivity index (χ4n) is 3.28. The number of rotatable bonds is 2. The normalized spacial score (nSPS) is 15.7. The van der Waals surface area contributed by atoms with Crippen LogP contribution in [0.4, 0.5) is 0 Å². The number of carbonyl (C=O) groups excluding carboxylic acids is 2. The molecule has 23 heavy (non-hydrogen) atoms. The molecular formula is C19H22N2O2. The lowest BCUT2D eigenvalue weighted by atomic mass is 9.94. The molecule has 3 rings (SSSR count). The van der Waals surface area contributed by atoms with Crippen molar-refractivity contribution in [3.8, 4) is 0 Å². The fourth-order valence-corrected chi connectivity index (χ4v) is 3.28. The molecule has 0 unspecified atom stereocenters. The summed E-state index contributed by atoms with van der Waals surface area (Å²) in [6.45, 7) is 1.29. The molecule has 0 radical (unpaired) electrons. The molecular weight excluding hydrogens is 288 g/mol. The van der Waals surface area contributed by atoms with E-state index in [1.807, 2.05) is 47.4 Å². The highest BCUT2D eigenvalue weighted by Crippen LogP contribution is 2.24. The average molecular weight is 310 g/mol. The van der Waals surface area contributed by atoms with Crippen molar-refractivity contribution in [3.05, 3.63) is 48.0 Å². The SMILES string of the molecule is CN(C)C(=O)C1CCN(C(=O)c2cccc3ccccc23)CC1. The number of benzene rings is 2. The van der Waals surface area contributed by atoms with Gasteiger partial charge in [-0.25, -0.2) is 0 Å². The molecule has 120 valence electrons. The molecule has 0 aromatic heterocycles. The number of nitrogens with zero attached hydrogens (tertiary/aromatic N) is 2. The van der Waals surface area contributed by atoms with Gasteiger partial charge in [0.15, 0.2) is 0 Å². The minimum atomic E-state index is 0.0431. The van der Waals surface area contributed by atoms with Crippen LogP contribution in [0.3, 0.4) is 0 Å². The van der Waals surface area contributed by atoms with Gasteiger partial charge in [0.05, 0.1) is 0 Å². The van der Waals surface area contributed by atoms with Crippen molar-refractivity contribution in [2.45, 2.75) is 12.8 Å². The van der Waals surface area contributed by atoms with Crippen LogP contribution in [0.25, 0.3) is 10.8 Å². The Balaban J connectivity index is 1.76. The van der Waals surface area contributed by atoms with E-state index in [1.54, 1.807) is 19.0 Å². The van der Waals surface area contributed by atoms with Crippen molar-refractivity contribution < 1.29 is 9.59 Å². The van der Waals surface area contributed by atoms with E-state index >= 15 is 0 Å². The summed E-state index contributed by atoms with van der Waals surface area (Å²) in [6.07, 6.45) is 1.49. The molecule has 1 fully saturated rings. The van der Waals surface area contributed by atoms with Crippen LogP contribution in [0.2, 0.25) is 0 Å². The van der Waals surface area contributed by atoms with Crippen LogP contribution in [0.5, 0.6) is 0 Å². The molecule has 1 aliphatic rings. The quantitative estimate of drug-likeness (QED) is 0.856. The maximum absolute atomic E-state index is 12.9. The Labute approximate surface area is 136 Å². The van der Waals surface area contributed by atoms with Crippen molar-refractivity contribution in [3.63, 3.8) is 0 Å². The molecule has 0 N–H and O–H groups in total. The predicted molar refractivity (Wildman–Crippen MR) is 91.3 cm³/mol. The summed E-state index contributed by atoms with van der Waals surface area (Å²) in [7, 11) is 3.58. The third-order valence-corrected chi connectivity index (χ3v) is 4.59. The van der Waals surface area contributed by atoms with E-state index in [9.17, 15) is 9.59 Å². The van der Waals surface area contributed by atoms with Crippen LogP contribution in [0.15, 0.2) is 42.5 Å². The van der Waals surface area contributed by atoms with E-state index in [2.05, 4.69) is 0 Å². The molecule has 0 bridgehead atoms. The van der Waals surface area contributed by atoms with Gasteiger partial charge in [-0.05, 0) is 29.7 Å². The third kappa shape index (κ3) is 3.07. The minimum absolute atomic E-state index is 0.0431. The minimum Gasteiger partial charge on any atom is -0.349 e. The number of hydrogen-bond donors (Lipinski definition) is 0. The summed E-state index contributed by atoms with van der Waals surface area (Å²) in [6, 6.07) is 13.8. The topological polar surface area (TPSA) is 40.6 Å². The van der Waals surface area contributed by atoms with Crippen LogP contribution < -0.4 is 0 Å². The molecule has 0 saturated carbocycles. The van der Waals surface area contributed by atoms with Gasteiger partial charge in [-0.3, -0.25) is 9.59 Å². The number of carbonyl (C=O) groups is 2. The van der Waals surface area contributed by atoms with Crippen molar-refractivity contribution in [1.29, 1.82) is 0 Å². The monoisotopic (exact) mass is 310 g/mol. The Bertz CT molecular complexity index is 726. The van der Waals surface area contributed by atoms with E-state index in [1.165, 1.54) is 0 Å². The van der Waals surface area contributed by atoms with Crippen LogP contribution in [0.1, 0.15) is 23.2 Å². The molecule has 2 aromatic carbocycles. The first-order valence-corrected chi connectivity index (χ1v) is 8.06. The van der Waals surface area contributed by atoms with Gasteiger partial charge in [0.2, 0.25) is 5.91 Å². The van der Waals surface area contributed by atoms with Gasteiger partial charge >= 0.3 is 0 Å². The zero-order chi connectivity index (χ0) is 16.4. The van der Waals surface area contributed by atoms with Gasteiger partial charge in [0, 0.05) is 38.7 Å². The predicted octanol–water partition coefficient (Wildman–Crippen LogP) is 2.78. The molecule has 4 nitrogen and oxygen atoms in total. The zero-order valence-electron chi connectivity index (χ0n) is 13.7. The first-order valence-electron chi connectivity index (χ1n) is 8.06. The second kappa shape index (κ2) is 6.41. The van der Waals surface area contributed by atoms with E-state index in [0.717, 1.165) is 29.2 Å². The smallest absolute Gasteiger partial charge is 0.254 e. The first kappa shape index (κ1) is 15.5. The van der Waals surface area contributed by atoms with E-state index in [0.29, 0.717) is 13.1 Å². The summed E-state index contributed by atoms with van der Waals surface area (Å²) in [5, 5.41) is 2.07. The Morgan fingerprint density at radius 2 is 1.65 bits per heavy atom. The summed E-state index contributed by atoms with van der Waals surface area (Å²) in [4.78, 5) is 28.4. The lowest BCUT2D eigenvalue weighted by molar-refractivity contribution is -0.134. The van der Waals surface area contributed by atoms with Crippen molar-refractivity contribution >= 4 is 22.6 Å². The van der Waals surface area contributed by atoms with Crippen molar-refractivity contribution in [2.75, 3.05) is 27.2 Å². The van der Waals surface area contributed by atoms with E-state index < -0.39 is 0 Å². The Kier molecular flexibility index (Phi) is 4.33. The Hall–Kier alpha value is -2.36. The lowest BCUT2D eigenvalue weighted by Crippen LogP contribution is -2.42. The van der Waals surface area contributed by atoms with Crippen LogP contribution >= 0.6 is 0 Å². The van der Waals surface area contributed by atoms with Crippen LogP contribution in [-0.4, -0.2) is 48.8 Å².